The van der Waals surface area contributed by atoms with Crippen molar-refractivity contribution in [3.63, 3.8) is 0 Å². The highest BCUT2D eigenvalue weighted by Gasteiger charge is 2.36. The highest BCUT2D eigenvalue weighted by atomic mass is 16.5. The van der Waals surface area contributed by atoms with Crippen LogP contribution in [0.15, 0.2) is 36.4 Å². The largest absolute Gasteiger partial charge is 0.504 e. The number of nitrogens with one attached hydrogen (secondary N) is 1. The SMILES string of the molecule is COc1cc(CCC(C)(C)N2Cc3cccc(C(=O)N4CCN(C(=O)B5CCCN5)CC4)c3C2)ccc1O. The van der Waals surface area contributed by atoms with Gasteiger partial charge in [0.2, 0.25) is 0 Å². The van der Waals surface area contributed by atoms with Gasteiger partial charge in [-0.3, -0.25) is 14.5 Å². The molecule has 3 aliphatic heterocycles. The summed E-state index contributed by atoms with van der Waals surface area (Å²) in [7, 11) is 1.57. The maximum Gasteiger partial charge on any atom is 0.329 e. The summed E-state index contributed by atoms with van der Waals surface area (Å²) in [5.74, 6) is 0.904. The first-order valence-electron chi connectivity index (χ1n) is 13.8. The van der Waals surface area contributed by atoms with Crippen LogP contribution in [0.25, 0.3) is 0 Å². The van der Waals surface area contributed by atoms with Crippen molar-refractivity contribution in [1.29, 1.82) is 0 Å². The fourth-order valence-electron chi connectivity index (χ4n) is 5.95. The third-order valence-electron chi connectivity index (χ3n) is 8.58. The van der Waals surface area contributed by atoms with E-state index in [4.69, 9.17) is 4.74 Å². The third-order valence-corrected chi connectivity index (χ3v) is 8.58. The summed E-state index contributed by atoms with van der Waals surface area (Å²) in [6, 6.07) is 11.6. The second-order valence-electron chi connectivity index (χ2n) is 11.4. The molecule has 0 spiro atoms. The molecule has 2 aromatic rings. The number of methoxy groups -OCH3 is 1. The van der Waals surface area contributed by atoms with E-state index in [2.05, 4.69) is 30.0 Å². The van der Waals surface area contributed by atoms with Crippen LogP contribution in [0.5, 0.6) is 11.5 Å². The first-order valence-corrected chi connectivity index (χ1v) is 13.8. The van der Waals surface area contributed by atoms with Crippen LogP contribution in [0.4, 0.5) is 4.79 Å². The lowest BCUT2D eigenvalue weighted by Gasteiger charge is -2.36. The lowest BCUT2D eigenvalue weighted by atomic mass is 9.60. The predicted octanol–water partition coefficient (Wildman–Crippen LogP) is 3.57. The number of fused-ring (bicyclic) bond motifs is 1. The molecule has 3 aliphatic rings. The van der Waals surface area contributed by atoms with Gasteiger partial charge < -0.3 is 24.9 Å². The van der Waals surface area contributed by atoms with Gasteiger partial charge in [0, 0.05) is 50.4 Å². The van der Waals surface area contributed by atoms with Gasteiger partial charge in [-0.1, -0.05) is 18.2 Å². The van der Waals surface area contributed by atoms with E-state index < -0.39 is 0 Å². The summed E-state index contributed by atoms with van der Waals surface area (Å²) in [6.45, 7) is 9.28. The number of carbonyl (C=O) groups is 2. The van der Waals surface area contributed by atoms with Gasteiger partial charge in [0.25, 0.3) is 5.91 Å². The molecule has 9 heteroatoms. The van der Waals surface area contributed by atoms with Crippen molar-refractivity contribution in [2.45, 2.75) is 58.1 Å². The number of phenols is 1. The zero-order valence-electron chi connectivity index (χ0n) is 22.8. The Morgan fingerprint density at radius 2 is 1.84 bits per heavy atom. The summed E-state index contributed by atoms with van der Waals surface area (Å²) in [6.07, 6.45) is 3.75. The molecule has 2 fully saturated rings. The van der Waals surface area contributed by atoms with Crippen LogP contribution in [-0.4, -0.2) is 83.7 Å². The summed E-state index contributed by atoms with van der Waals surface area (Å²) in [5.41, 5.74) is 4.19. The van der Waals surface area contributed by atoms with E-state index in [1.54, 1.807) is 13.2 Å². The van der Waals surface area contributed by atoms with Crippen molar-refractivity contribution in [1.82, 2.24) is 19.9 Å². The van der Waals surface area contributed by atoms with Gasteiger partial charge in [0.15, 0.2) is 17.3 Å². The number of rotatable bonds is 7. The van der Waals surface area contributed by atoms with E-state index >= 15 is 0 Å². The maximum absolute atomic E-state index is 13.6. The topological polar surface area (TPSA) is 85.4 Å². The van der Waals surface area contributed by atoms with Crippen molar-refractivity contribution in [3.8, 4) is 11.5 Å². The molecule has 202 valence electrons. The maximum atomic E-state index is 13.6. The Bertz CT molecular complexity index is 1190. The molecule has 0 bridgehead atoms. The Balaban J connectivity index is 1.21. The molecule has 8 nitrogen and oxygen atoms in total. The molecular weight excluding hydrogens is 479 g/mol. The van der Waals surface area contributed by atoms with Crippen LogP contribution in [0.3, 0.4) is 0 Å². The van der Waals surface area contributed by atoms with Crippen LogP contribution in [0.2, 0.25) is 6.32 Å². The zero-order chi connectivity index (χ0) is 26.9. The number of hydrogen-bond donors (Lipinski definition) is 2. The average molecular weight is 518 g/mol. The number of aryl methyl sites for hydroxylation is 1. The standard InChI is InChI=1S/C29H39BN4O4/c1-29(2,11-10-21-8-9-25(35)26(18-21)38-3)34-19-22-6-4-7-23(24(22)20-34)27(36)32-14-16-33(17-15-32)28(37)30-12-5-13-31-30/h4,6-9,18,31,35H,5,10-17,19-20H2,1-3H3. The molecular formula is C29H39BN4O4. The lowest BCUT2D eigenvalue weighted by Crippen LogP contribution is -2.55. The number of benzene rings is 2. The fourth-order valence-corrected chi connectivity index (χ4v) is 5.95. The van der Waals surface area contributed by atoms with Crippen LogP contribution in [0, 0.1) is 0 Å². The number of amides is 2. The Kier molecular flexibility index (Phi) is 7.68. The first kappa shape index (κ1) is 26.6. The van der Waals surface area contributed by atoms with Crippen LogP contribution < -0.4 is 9.96 Å². The minimum atomic E-state index is -0.0787. The highest BCUT2D eigenvalue weighted by molar-refractivity contribution is 6.88. The molecule has 0 atom stereocenters. The summed E-state index contributed by atoms with van der Waals surface area (Å²) >= 11 is 0. The summed E-state index contributed by atoms with van der Waals surface area (Å²) < 4.78 is 5.27. The van der Waals surface area contributed by atoms with Gasteiger partial charge in [-0.15, -0.1) is 0 Å². The van der Waals surface area contributed by atoms with Gasteiger partial charge in [0.1, 0.15) is 0 Å². The molecule has 2 aromatic carbocycles. The number of aromatic hydroxyl groups is 1. The van der Waals surface area contributed by atoms with E-state index in [0.29, 0.717) is 31.9 Å². The second-order valence-corrected chi connectivity index (χ2v) is 11.4. The van der Waals surface area contributed by atoms with Crippen molar-refractivity contribution < 1.29 is 19.4 Å². The molecule has 0 aliphatic carbocycles. The van der Waals surface area contributed by atoms with E-state index in [-0.39, 0.29) is 29.8 Å². The number of carbonyl (C=O) groups excluding carboxylic acids is 2. The van der Waals surface area contributed by atoms with Gasteiger partial charge in [0.05, 0.1) is 7.11 Å². The average Bonchev–Trinajstić information content (AvgIpc) is 3.63. The Morgan fingerprint density at radius 3 is 2.55 bits per heavy atom. The fraction of sp³-hybridized carbons (Fsp3) is 0.517. The minimum Gasteiger partial charge on any atom is -0.504 e. The Labute approximate surface area is 226 Å². The molecule has 0 aromatic heterocycles. The van der Waals surface area contributed by atoms with Crippen LogP contribution in [-0.2, 0) is 19.5 Å². The monoisotopic (exact) mass is 518 g/mol. The predicted molar refractivity (Wildman–Crippen MR) is 149 cm³/mol. The second kappa shape index (κ2) is 11.0. The van der Waals surface area contributed by atoms with Crippen LogP contribution >= 0.6 is 0 Å². The van der Waals surface area contributed by atoms with E-state index in [0.717, 1.165) is 61.9 Å². The number of phenolic OH excluding ortho intramolecular Hbond substituents is 1. The molecule has 38 heavy (non-hydrogen) atoms. The van der Waals surface area contributed by atoms with Crippen LogP contribution in [0.1, 0.15) is 53.7 Å². The normalized spacial score (nSPS) is 18.1. The smallest absolute Gasteiger partial charge is 0.329 e. The van der Waals surface area contributed by atoms with Crippen molar-refractivity contribution in [3.05, 3.63) is 58.7 Å². The molecule has 2 amide bonds. The highest BCUT2D eigenvalue weighted by Crippen LogP contribution is 2.35. The number of nitrogens with zero attached hydrogens (tertiary/aromatic N) is 3. The van der Waals surface area contributed by atoms with Crippen molar-refractivity contribution in [2.24, 2.45) is 0 Å². The van der Waals surface area contributed by atoms with E-state index in [1.807, 2.05) is 34.1 Å². The number of piperazine rings is 1. The van der Waals surface area contributed by atoms with E-state index in [1.165, 1.54) is 5.56 Å². The Morgan fingerprint density at radius 1 is 1.08 bits per heavy atom. The molecule has 5 rings (SSSR count). The summed E-state index contributed by atoms with van der Waals surface area (Å²) in [5, 5.41) is 13.2. The lowest BCUT2D eigenvalue weighted by molar-refractivity contribution is 0.0671. The Hall–Kier alpha value is -3.04. The molecule has 2 saturated heterocycles. The van der Waals surface area contributed by atoms with Crippen molar-refractivity contribution in [2.75, 3.05) is 39.8 Å². The molecule has 2 N–H and O–H groups in total. The van der Waals surface area contributed by atoms with Gasteiger partial charge in [-0.05, 0) is 80.9 Å². The number of ether oxygens (including phenoxy) is 1. The molecule has 0 unspecified atom stereocenters. The van der Waals surface area contributed by atoms with Gasteiger partial charge >= 0.3 is 6.85 Å². The third kappa shape index (κ3) is 5.40. The zero-order valence-corrected chi connectivity index (χ0v) is 22.8. The van der Waals surface area contributed by atoms with Crippen molar-refractivity contribution >= 4 is 18.6 Å². The quantitative estimate of drug-likeness (QED) is 0.546. The van der Waals surface area contributed by atoms with E-state index in [9.17, 15) is 14.7 Å². The van der Waals surface area contributed by atoms with Gasteiger partial charge in [-0.2, -0.15) is 0 Å². The first-order chi connectivity index (χ1) is 18.3. The summed E-state index contributed by atoms with van der Waals surface area (Å²) in [4.78, 5) is 32.6. The molecule has 3 heterocycles. The number of hydrogen-bond acceptors (Lipinski definition) is 6. The minimum absolute atomic E-state index is 0.0555. The molecule has 0 saturated carbocycles. The molecule has 0 radical (unpaired) electrons. The van der Waals surface area contributed by atoms with Gasteiger partial charge in [-0.25, -0.2) is 0 Å².